The Bertz CT molecular complexity index is 920. The van der Waals surface area contributed by atoms with E-state index in [2.05, 4.69) is 75.6 Å². The summed E-state index contributed by atoms with van der Waals surface area (Å²) in [5.41, 5.74) is 2.14. The molecular formula is C24H34N6O. The number of aliphatic imine (C=N–C) groups is 1. The molecule has 7 heteroatoms. The normalized spacial score (nSPS) is 21.2. The van der Waals surface area contributed by atoms with Crippen LogP contribution in [0.2, 0.25) is 0 Å². The fourth-order valence-corrected chi connectivity index (χ4v) is 4.26. The van der Waals surface area contributed by atoms with Crippen molar-refractivity contribution >= 4 is 11.8 Å². The molecule has 31 heavy (non-hydrogen) atoms. The Morgan fingerprint density at radius 2 is 1.97 bits per heavy atom. The number of nitrogens with one attached hydrogen (secondary N) is 2. The number of hydrogen-bond acceptors (Lipinski definition) is 5. The van der Waals surface area contributed by atoms with Crippen LogP contribution in [0.5, 0.6) is 5.75 Å². The van der Waals surface area contributed by atoms with Gasteiger partial charge in [0, 0.05) is 58.0 Å². The Morgan fingerprint density at radius 3 is 2.74 bits per heavy atom. The van der Waals surface area contributed by atoms with Crippen molar-refractivity contribution in [3.63, 3.8) is 0 Å². The maximum atomic E-state index is 6.16. The molecule has 166 valence electrons. The number of pyridine rings is 1. The molecule has 1 unspecified atom stereocenters. The number of anilines is 1. The van der Waals surface area contributed by atoms with E-state index in [1.165, 1.54) is 11.1 Å². The van der Waals surface area contributed by atoms with Gasteiger partial charge in [0.1, 0.15) is 17.2 Å². The quantitative estimate of drug-likeness (QED) is 0.584. The lowest BCUT2D eigenvalue weighted by atomic mass is 9.90. The maximum absolute atomic E-state index is 6.16. The zero-order chi connectivity index (χ0) is 21.8. The van der Waals surface area contributed by atoms with Crippen LogP contribution in [0, 0.1) is 0 Å². The third kappa shape index (κ3) is 5.28. The van der Waals surface area contributed by atoms with Gasteiger partial charge in [-0.1, -0.05) is 18.2 Å². The monoisotopic (exact) mass is 422 g/mol. The van der Waals surface area contributed by atoms with E-state index in [9.17, 15) is 0 Å². The number of fused-ring (bicyclic) bond motifs is 1. The molecule has 1 atom stereocenters. The van der Waals surface area contributed by atoms with Crippen molar-refractivity contribution in [3.8, 4) is 5.75 Å². The van der Waals surface area contributed by atoms with Gasteiger partial charge in [-0.3, -0.25) is 4.99 Å². The van der Waals surface area contributed by atoms with Crippen LogP contribution in [0.3, 0.4) is 0 Å². The largest absolute Gasteiger partial charge is 0.487 e. The molecule has 2 N–H and O–H groups in total. The van der Waals surface area contributed by atoms with E-state index in [1.807, 2.05) is 25.4 Å². The molecule has 2 aromatic rings. The summed E-state index contributed by atoms with van der Waals surface area (Å²) in [6, 6.07) is 12.6. The highest BCUT2D eigenvalue weighted by Crippen LogP contribution is 2.39. The van der Waals surface area contributed by atoms with Crippen molar-refractivity contribution in [1.29, 1.82) is 0 Å². The number of likely N-dealkylation sites (N-methyl/N-ethyl adjacent to an activating group) is 1. The first-order chi connectivity index (χ1) is 14.9. The van der Waals surface area contributed by atoms with E-state index in [1.54, 1.807) is 0 Å². The highest BCUT2D eigenvalue weighted by Gasteiger charge is 2.33. The molecule has 0 amide bonds. The van der Waals surface area contributed by atoms with Gasteiger partial charge in [-0.05, 0) is 44.7 Å². The van der Waals surface area contributed by atoms with E-state index in [0.29, 0.717) is 6.54 Å². The predicted octanol–water partition coefficient (Wildman–Crippen LogP) is 2.80. The molecule has 1 saturated heterocycles. The summed E-state index contributed by atoms with van der Waals surface area (Å²) >= 11 is 0. The van der Waals surface area contributed by atoms with E-state index in [4.69, 9.17) is 4.74 Å². The SMILES string of the molecule is CN=C(NCc1ccnc(N2CCN(C)CC2)c1)NC1CC(C)(C)Oc2ccccc21. The summed E-state index contributed by atoms with van der Waals surface area (Å²) in [5.74, 6) is 2.78. The first-order valence-electron chi connectivity index (χ1n) is 11.1. The van der Waals surface area contributed by atoms with Gasteiger partial charge in [0.25, 0.3) is 0 Å². The minimum Gasteiger partial charge on any atom is -0.487 e. The molecular weight excluding hydrogens is 388 g/mol. The van der Waals surface area contributed by atoms with E-state index in [0.717, 1.165) is 50.1 Å². The second-order valence-electron chi connectivity index (χ2n) is 9.04. The first kappa shape index (κ1) is 21.4. The Kier molecular flexibility index (Phi) is 6.32. The number of aromatic nitrogens is 1. The second kappa shape index (κ2) is 9.14. The Hall–Kier alpha value is -2.80. The average molecular weight is 423 g/mol. The van der Waals surface area contributed by atoms with E-state index >= 15 is 0 Å². The van der Waals surface area contributed by atoms with E-state index in [-0.39, 0.29) is 11.6 Å². The highest BCUT2D eigenvalue weighted by molar-refractivity contribution is 5.80. The molecule has 1 fully saturated rings. The smallest absolute Gasteiger partial charge is 0.191 e. The topological polar surface area (TPSA) is 65.0 Å². The lowest BCUT2D eigenvalue weighted by Gasteiger charge is -2.38. The van der Waals surface area contributed by atoms with Crippen LogP contribution in [0.1, 0.15) is 37.4 Å². The maximum Gasteiger partial charge on any atom is 0.191 e. The van der Waals surface area contributed by atoms with Crippen LogP contribution in [0.15, 0.2) is 47.6 Å². The van der Waals surface area contributed by atoms with Crippen molar-refractivity contribution in [1.82, 2.24) is 20.5 Å². The zero-order valence-electron chi connectivity index (χ0n) is 19.1. The Labute approximate surface area is 185 Å². The molecule has 2 aliphatic rings. The number of nitrogens with zero attached hydrogens (tertiary/aromatic N) is 4. The summed E-state index contributed by atoms with van der Waals surface area (Å²) in [6.07, 6.45) is 2.77. The van der Waals surface area contributed by atoms with Crippen molar-refractivity contribution in [2.24, 2.45) is 4.99 Å². The van der Waals surface area contributed by atoms with Crippen molar-refractivity contribution < 1.29 is 4.74 Å². The average Bonchev–Trinajstić information content (AvgIpc) is 2.76. The molecule has 1 aromatic heterocycles. The lowest BCUT2D eigenvalue weighted by molar-refractivity contribution is 0.0694. The number of guanidine groups is 1. The van der Waals surface area contributed by atoms with Crippen molar-refractivity contribution in [2.45, 2.75) is 38.5 Å². The predicted molar refractivity (Wildman–Crippen MR) is 126 cm³/mol. The van der Waals surface area contributed by atoms with Gasteiger partial charge in [0.05, 0.1) is 6.04 Å². The fourth-order valence-electron chi connectivity index (χ4n) is 4.26. The first-order valence-corrected chi connectivity index (χ1v) is 11.1. The molecule has 0 spiro atoms. The lowest BCUT2D eigenvalue weighted by Crippen LogP contribution is -2.45. The third-order valence-corrected chi connectivity index (χ3v) is 6.01. The molecule has 3 heterocycles. The number of piperazine rings is 1. The fraction of sp³-hybridized carbons (Fsp3) is 0.500. The molecule has 0 saturated carbocycles. The number of para-hydroxylation sites is 1. The summed E-state index contributed by atoms with van der Waals surface area (Å²) in [5, 5.41) is 7.07. The number of hydrogen-bond donors (Lipinski definition) is 2. The van der Waals surface area contributed by atoms with Crippen LogP contribution < -0.4 is 20.3 Å². The van der Waals surface area contributed by atoms with Gasteiger partial charge >= 0.3 is 0 Å². The van der Waals surface area contributed by atoms with Gasteiger partial charge < -0.3 is 25.2 Å². The molecule has 0 aliphatic carbocycles. The molecule has 0 radical (unpaired) electrons. The van der Waals surface area contributed by atoms with Crippen molar-refractivity contribution in [3.05, 3.63) is 53.7 Å². The van der Waals surface area contributed by atoms with Gasteiger partial charge in [-0.25, -0.2) is 4.98 Å². The van der Waals surface area contributed by atoms with Gasteiger partial charge in [0.2, 0.25) is 0 Å². The summed E-state index contributed by atoms with van der Waals surface area (Å²) in [4.78, 5) is 13.8. The Morgan fingerprint density at radius 1 is 1.19 bits per heavy atom. The summed E-state index contributed by atoms with van der Waals surface area (Å²) in [7, 11) is 3.98. The molecule has 0 bridgehead atoms. The van der Waals surface area contributed by atoms with Gasteiger partial charge in [0.15, 0.2) is 5.96 Å². The minimum atomic E-state index is -0.229. The number of benzene rings is 1. The molecule has 4 rings (SSSR count). The summed E-state index contributed by atoms with van der Waals surface area (Å²) < 4.78 is 6.16. The van der Waals surface area contributed by atoms with Crippen LogP contribution >= 0.6 is 0 Å². The third-order valence-electron chi connectivity index (χ3n) is 6.01. The van der Waals surface area contributed by atoms with E-state index < -0.39 is 0 Å². The van der Waals surface area contributed by atoms with Crippen LogP contribution in [0.4, 0.5) is 5.82 Å². The zero-order valence-corrected chi connectivity index (χ0v) is 19.1. The van der Waals surface area contributed by atoms with Crippen LogP contribution in [0.25, 0.3) is 0 Å². The molecule has 7 nitrogen and oxygen atoms in total. The molecule has 2 aliphatic heterocycles. The van der Waals surface area contributed by atoms with Gasteiger partial charge in [-0.15, -0.1) is 0 Å². The molecule has 1 aromatic carbocycles. The van der Waals surface area contributed by atoms with Crippen LogP contribution in [-0.4, -0.2) is 61.7 Å². The highest BCUT2D eigenvalue weighted by atomic mass is 16.5. The van der Waals surface area contributed by atoms with Crippen molar-refractivity contribution in [2.75, 3.05) is 45.2 Å². The minimum absolute atomic E-state index is 0.143. The van der Waals surface area contributed by atoms with Crippen LogP contribution in [-0.2, 0) is 6.54 Å². The number of rotatable bonds is 4. The standard InChI is InChI=1S/C24H34N6O/c1-24(2)16-20(19-7-5-6-8-21(19)31-24)28-23(25-3)27-17-18-9-10-26-22(15-18)30-13-11-29(4)12-14-30/h5-10,15,20H,11-14,16-17H2,1-4H3,(H2,25,27,28). The second-order valence-corrected chi connectivity index (χ2v) is 9.04. The summed E-state index contributed by atoms with van der Waals surface area (Å²) in [6.45, 7) is 9.13. The Balaban J connectivity index is 1.40. The van der Waals surface area contributed by atoms with Gasteiger partial charge in [-0.2, -0.15) is 0 Å². The number of ether oxygens (including phenoxy) is 1.